The van der Waals surface area contributed by atoms with Gasteiger partial charge in [0.2, 0.25) is 0 Å². The van der Waals surface area contributed by atoms with E-state index in [1.807, 2.05) is 0 Å². The number of ether oxygens (including phenoxy) is 2. The molecule has 0 N–H and O–H groups in total. The molecule has 4 fully saturated rings. The Kier molecular flexibility index (Phi) is 3.58. The van der Waals surface area contributed by atoms with E-state index in [1.54, 1.807) is 6.92 Å². The van der Waals surface area contributed by atoms with Crippen molar-refractivity contribution >= 4 is 11.9 Å². The van der Waals surface area contributed by atoms with Crippen LogP contribution in [0.4, 0.5) is 0 Å². The number of hydrogen-bond acceptors (Lipinski definition) is 4. The van der Waals surface area contributed by atoms with Gasteiger partial charge in [0.25, 0.3) is 0 Å². The van der Waals surface area contributed by atoms with E-state index in [9.17, 15) is 9.59 Å². The summed E-state index contributed by atoms with van der Waals surface area (Å²) in [5.41, 5.74) is -0.260. The highest BCUT2D eigenvalue weighted by Crippen LogP contribution is 2.60. The largest absolute Gasteiger partial charge is 0.469 e. The summed E-state index contributed by atoms with van der Waals surface area (Å²) in [5.74, 6) is 1.46. The summed E-state index contributed by atoms with van der Waals surface area (Å²) >= 11 is 0. The zero-order chi connectivity index (χ0) is 15.2. The molecule has 0 atom stereocenters. The number of hydrogen-bond donors (Lipinski definition) is 0. The Morgan fingerprint density at radius 1 is 1.10 bits per heavy atom. The van der Waals surface area contributed by atoms with E-state index in [1.165, 1.54) is 13.5 Å². The van der Waals surface area contributed by atoms with Crippen molar-refractivity contribution in [2.24, 2.45) is 23.7 Å². The van der Waals surface area contributed by atoms with Crippen LogP contribution in [0.3, 0.4) is 0 Å². The molecular formula is C17H24O4. The lowest BCUT2D eigenvalue weighted by Gasteiger charge is -2.59. The first-order chi connectivity index (χ1) is 9.94. The number of methoxy groups -OCH3 is 1. The molecule has 0 heterocycles. The second-order valence-corrected chi connectivity index (χ2v) is 7.18. The number of esters is 2. The molecule has 4 saturated carbocycles. The summed E-state index contributed by atoms with van der Waals surface area (Å²) in [5, 5.41) is 0. The SMILES string of the molecule is C=C(C)C(=O)OC1(CC(=O)OC)C2CC3CC(C2)CC1C3. The lowest BCUT2D eigenvalue weighted by Crippen LogP contribution is -2.60. The Balaban J connectivity index is 1.90. The van der Waals surface area contributed by atoms with E-state index < -0.39 is 5.60 Å². The molecule has 0 saturated heterocycles. The molecule has 0 spiro atoms. The molecule has 0 aromatic heterocycles. The number of rotatable bonds is 4. The molecule has 0 amide bonds. The van der Waals surface area contributed by atoms with Gasteiger partial charge < -0.3 is 9.47 Å². The maximum Gasteiger partial charge on any atom is 0.333 e. The average molecular weight is 292 g/mol. The van der Waals surface area contributed by atoms with Gasteiger partial charge in [-0.05, 0) is 50.9 Å². The van der Waals surface area contributed by atoms with Gasteiger partial charge in [0, 0.05) is 17.4 Å². The van der Waals surface area contributed by atoms with Gasteiger partial charge in [-0.25, -0.2) is 4.79 Å². The zero-order valence-electron chi connectivity index (χ0n) is 12.9. The van der Waals surface area contributed by atoms with Crippen molar-refractivity contribution in [3.8, 4) is 0 Å². The van der Waals surface area contributed by atoms with E-state index in [-0.39, 0.29) is 18.4 Å². The van der Waals surface area contributed by atoms with Crippen LogP contribution in [0, 0.1) is 23.7 Å². The van der Waals surface area contributed by atoms with E-state index in [0.29, 0.717) is 17.4 Å². The van der Waals surface area contributed by atoms with Crippen LogP contribution in [0.15, 0.2) is 12.2 Å². The third-order valence-electron chi connectivity index (χ3n) is 5.80. The first-order valence-corrected chi connectivity index (χ1v) is 7.90. The molecule has 4 aliphatic rings. The Bertz CT molecular complexity index is 451. The Morgan fingerprint density at radius 2 is 1.62 bits per heavy atom. The molecular weight excluding hydrogens is 268 g/mol. The van der Waals surface area contributed by atoms with E-state index in [2.05, 4.69) is 6.58 Å². The number of carbonyl (C=O) groups excluding carboxylic acids is 2. The fourth-order valence-corrected chi connectivity index (χ4v) is 5.03. The van der Waals surface area contributed by atoms with Crippen molar-refractivity contribution in [2.45, 2.75) is 51.0 Å². The van der Waals surface area contributed by atoms with Crippen molar-refractivity contribution in [1.82, 2.24) is 0 Å². The molecule has 4 nitrogen and oxygen atoms in total. The fourth-order valence-electron chi connectivity index (χ4n) is 5.03. The van der Waals surface area contributed by atoms with Crippen LogP contribution in [0.2, 0.25) is 0 Å². The number of carbonyl (C=O) groups is 2. The molecule has 4 rings (SSSR count). The van der Waals surface area contributed by atoms with Crippen LogP contribution in [0.5, 0.6) is 0 Å². The molecule has 0 unspecified atom stereocenters. The molecule has 0 radical (unpaired) electrons. The van der Waals surface area contributed by atoms with Crippen LogP contribution in [0.25, 0.3) is 0 Å². The van der Waals surface area contributed by atoms with Gasteiger partial charge in [-0.3, -0.25) is 4.79 Å². The van der Waals surface area contributed by atoms with Gasteiger partial charge in [0.05, 0.1) is 13.5 Å². The summed E-state index contributed by atoms with van der Waals surface area (Å²) in [4.78, 5) is 24.1. The van der Waals surface area contributed by atoms with E-state index >= 15 is 0 Å². The van der Waals surface area contributed by atoms with Crippen molar-refractivity contribution in [3.63, 3.8) is 0 Å². The van der Waals surface area contributed by atoms with Crippen LogP contribution in [-0.2, 0) is 19.1 Å². The molecule has 4 heteroatoms. The third-order valence-corrected chi connectivity index (χ3v) is 5.80. The molecule has 4 bridgehead atoms. The minimum Gasteiger partial charge on any atom is -0.469 e. The topological polar surface area (TPSA) is 52.6 Å². The van der Waals surface area contributed by atoms with Crippen molar-refractivity contribution in [2.75, 3.05) is 7.11 Å². The van der Waals surface area contributed by atoms with Crippen molar-refractivity contribution < 1.29 is 19.1 Å². The van der Waals surface area contributed by atoms with Crippen LogP contribution < -0.4 is 0 Å². The summed E-state index contributed by atoms with van der Waals surface area (Å²) in [6.45, 7) is 5.33. The fraction of sp³-hybridized carbons (Fsp3) is 0.765. The first kappa shape index (κ1) is 14.6. The maximum absolute atomic E-state index is 12.1. The second-order valence-electron chi connectivity index (χ2n) is 7.18. The van der Waals surface area contributed by atoms with Gasteiger partial charge in [-0.15, -0.1) is 0 Å². The van der Waals surface area contributed by atoms with Crippen LogP contribution in [-0.4, -0.2) is 24.6 Å². The summed E-state index contributed by atoms with van der Waals surface area (Å²) in [7, 11) is 1.40. The summed E-state index contributed by atoms with van der Waals surface area (Å²) in [6, 6.07) is 0. The van der Waals surface area contributed by atoms with E-state index in [4.69, 9.17) is 9.47 Å². The van der Waals surface area contributed by atoms with E-state index in [0.717, 1.165) is 37.5 Å². The minimum absolute atomic E-state index is 0.192. The first-order valence-electron chi connectivity index (χ1n) is 7.90. The van der Waals surface area contributed by atoms with Gasteiger partial charge in [-0.2, -0.15) is 0 Å². The molecule has 0 aromatic rings. The quantitative estimate of drug-likeness (QED) is 0.590. The Hall–Kier alpha value is -1.32. The monoisotopic (exact) mass is 292 g/mol. The average Bonchev–Trinajstić information content (AvgIpc) is 2.43. The van der Waals surface area contributed by atoms with Crippen LogP contribution in [0.1, 0.15) is 45.4 Å². The van der Waals surface area contributed by atoms with Gasteiger partial charge >= 0.3 is 11.9 Å². The second kappa shape index (κ2) is 5.15. The highest BCUT2D eigenvalue weighted by Gasteiger charge is 2.60. The third kappa shape index (κ3) is 2.39. The maximum atomic E-state index is 12.1. The standard InChI is InChI=1S/C17H24O4/c1-10(2)16(19)21-17(9-15(18)20-3)13-5-11-4-12(7-13)8-14(17)6-11/h11-14H,1,4-9H2,2-3H3. The normalized spacial score (nSPS) is 39.9. The lowest BCUT2D eigenvalue weighted by atomic mass is 9.49. The van der Waals surface area contributed by atoms with Gasteiger partial charge in [0.1, 0.15) is 5.60 Å². The predicted molar refractivity (Wildman–Crippen MR) is 77.3 cm³/mol. The summed E-state index contributed by atoms with van der Waals surface area (Å²) in [6.07, 6.45) is 5.81. The van der Waals surface area contributed by atoms with Crippen LogP contribution >= 0.6 is 0 Å². The zero-order valence-corrected chi connectivity index (χ0v) is 12.9. The minimum atomic E-state index is -0.656. The smallest absolute Gasteiger partial charge is 0.333 e. The summed E-state index contributed by atoms with van der Waals surface area (Å²) < 4.78 is 10.8. The lowest BCUT2D eigenvalue weighted by molar-refractivity contribution is -0.211. The molecule has 116 valence electrons. The van der Waals surface area contributed by atoms with Crippen molar-refractivity contribution in [3.05, 3.63) is 12.2 Å². The van der Waals surface area contributed by atoms with Gasteiger partial charge in [0.15, 0.2) is 0 Å². The highest BCUT2D eigenvalue weighted by atomic mass is 16.6. The highest BCUT2D eigenvalue weighted by molar-refractivity contribution is 5.87. The molecule has 0 aromatic carbocycles. The van der Waals surface area contributed by atoms with Crippen molar-refractivity contribution in [1.29, 1.82) is 0 Å². The molecule has 21 heavy (non-hydrogen) atoms. The predicted octanol–water partition coefficient (Wildman–Crippen LogP) is 2.86. The Labute approximate surface area is 125 Å². The molecule has 4 aliphatic carbocycles. The molecule has 0 aliphatic heterocycles. The van der Waals surface area contributed by atoms with Gasteiger partial charge in [-0.1, -0.05) is 6.58 Å². The Morgan fingerprint density at radius 3 is 2.05 bits per heavy atom.